The summed E-state index contributed by atoms with van der Waals surface area (Å²) in [6.07, 6.45) is 0. The van der Waals surface area contributed by atoms with Gasteiger partial charge < -0.3 is 4.74 Å². The Balaban J connectivity index is 0.00000121. The predicted octanol–water partition coefficient (Wildman–Crippen LogP) is 3.89. The zero-order valence-corrected chi connectivity index (χ0v) is 8.04. The van der Waals surface area contributed by atoms with Crippen molar-refractivity contribution in [2.45, 2.75) is 7.43 Å². The molecule has 0 fully saturated rings. The molecule has 0 atom stereocenters. The second-order valence-electron chi connectivity index (χ2n) is 1.88. The van der Waals surface area contributed by atoms with Crippen LogP contribution in [0.3, 0.4) is 0 Å². The molecule has 0 bridgehead atoms. The topological polar surface area (TPSA) is 9.23 Å². The molecule has 1 aromatic rings. The van der Waals surface area contributed by atoms with E-state index in [0.29, 0.717) is 4.47 Å². The lowest BCUT2D eigenvalue weighted by atomic mass is 10.3. The van der Waals surface area contributed by atoms with E-state index in [-0.39, 0.29) is 18.2 Å². The first-order valence-corrected chi connectivity index (χ1v) is 4.01. The zero-order valence-electron chi connectivity index (χ0n) is 5.70. The van der Waals surface area contributed by atoms with Gasteiger partial charge in [0.2, 0.25) is 0 Å². The average molecular weight is 256 g/mol. The molecule has 0 aliphatic carbocycles. The molecule has 0 aliphatic heterocycles. The van der Waals surface area contributed by atoms with E-state index >= 15 is 0 Å². The lowest BCUT2D eigenvalue weighted by Gasteiger charge is -2.04. The van der Waals surface area contributed by atoms with Gasteiger partial charge in [-0.1, -0.05) is 19.0 Å². The van der Waals surface area contributed by atoms with Gasteiger partial charge in [0.15, 0.2) is 11.6 Å². The molecule has 0 N–H and O–H groups in total. The summed E-state index contributed by atoms with van der Waals surface area (Å²) in [6, 6.07) is 3.09. The Morgan fingerprint density at radius 3 is 2.50 bits per heavy atom. The van der Waals surface area contributed by atoms with Crippen molar-refractivity contribution in [1.29, 1.82) is 0 Å². The van der Waals surface area contributed by atoms with Crippen LogP contribution in [0.1, 0.15) is 7.43 Å². The first-order chi connectivity index (χ1) is 5.16. The van der Waals surface area contributed by atoms with Crippen molar-refractivity contribution in [3.05, 3.63) is 27.4 Å². The highest BCUT2D eigenvalue weighted by Crippen LogP contribution is 2.31. The van der Waals surface area contributed by atoms with Crippen LogP contribution in [0.2, 0.25) is 5.02 Å². The maximum atomic E-state index is 13.0. The summed E-state index contributed by atoms with van der Waals surface area (Å²) in [5, 5.41) is 0.0602. The van der Waals surface area contributed by atoms with Crippen LogP contribution in [-0.4, -0.2) is 7.11 Å². The molecule has 0 spiro atoms. The molecular formula is C8H9BrClFO. The Morgan fingerprint density at radius 1 is 1.50 bits per heavy atom. The maximum Gasteiger partial charge on any atom is 0.184 e. The lowest BCUT2D eigenvalue weighted by Crippen LogP contribution is -1.89. The number of rotatable bonds is 1. The summed E-state index contributed by atoms with van der Waals surface area (Å²) in [5.74, 6) is -0.402. The number of hydrogen-bond acceptors (Lipinski definition) is 1. The van der Waals surface area contributed by atoms with E-state index in [1.54, 1.807) is 6.07 Å². The molecular weight excluding hydrogens is 246 g/mol. The summed E-state index contributed by atoms with van der Waals surface area (Å²) >= 11 is 8.61. The molecule has 0 amide bonds. The number of methoxy groups -OCH3 is 1. The van der Waals surface area contributed by atoms with Crippen LogP contribution in [0, 0.1) is 5.82 Å². The lowest BCUT2D eigenvalue weighted by molar-refractivity contribution is 0.384. The minimum absolute atomic E-state index is 0. The molecule has 68 valence electrons. The highest BCUT2D eigenvalue weighted by atomic mass is 79.9. The summed E-state index contributed by atoms with van der Waals surface area (Å²) in [5.41, 5.74) is 0. The van der Waals surface area contributed by atoms with E-state index in [1.807, 2.05) is 0 Å². The number of ether oxygens (including phenoxy) is 1. The Bertz CT molecular complexity index is 278. The quantitative estimate of drug-likeness (QED) is 0.692. The van der Waals surface area contributed by atoms with Gasteiger partial charge in [0.1, 0.15) is 0 Å². The van der Waals surface area contributed by atoms with Crippen LogP contribution < -0.4 is 4.74 Å². The molecule has 4 heteroatoms. The molecule has 0 heterocycles. The van der Waals surface area contributed by atoms with Gasteiger partial charge in [-0.15, -0.1) is 0 Å². The second kappa shape index (κ2) is 4.67. The van der Waals surface area contributed by atoms with E-state index in [1.165, 1.54) is 13.2 Å². The van der Waals surface area contributed by atoms with Crippen molar-refractivity contribution >= 4 is 27.5 Å². The third-order valence-electron chi connectivity index (χ3n) is 1.21. The number of hydrogen-bond donors (Lipinski definition) is 0. The monoisotopic (exact) mass is 254 g/mol. The summed E-state index contributed by atoms with van der Waals surface area (Å²) in [4.78, 5) is 0. The van der Waals surface area contributed by atoms with Crippen molar-refractivity contribution in [3.8, 4) is 5.75 Å². The van der Waals surface area contributed by atoms with Gasteiger partial charge in [-0.25, -0.2) is 4.39 Å². The van der Waals surface area contributed by atoms with Crippen LogP contribution in [0.5, 0.6) is 5.75 Å². The Kier molecular flexibility index (Phi) is 4.57. The molecule has 0 aromatic heterocycles. The largest absolute Gasteiger partial charge is 0.492 e. The van der Waals surface area contributed by atoms with Crippen LogP contribution >= 0.6 is 27.5 Å². The highest BCUT2D eigenvalue weighted by Gasteiger charge is 2.10. The summed E-state index contributed by atoms with van der Waals surface area (Å²) in [6.45, 7) is 0. The maximum absolute atomic E-state index is 13.0. The standard InChI is InChI=1S/C7H5BrClFO.CH4/c1-11-7-4(8)2-3-5(9)6(7)10;/h2-3H,1H3;1H4. The van der Waals surface area contributed by atoms with Gasteiger partial charge in [0, 0.05) is 0 Å². The molecule has 1 rings (SSSR count). The predicted molar refractivity (Wildman–Crippen MR) is 52.4 cm³/mol. The molecule has 0 saturated heterocycles. The minimum atomic E-state index is -0.538. The van der Waals surface area contributed by atoms with Crippen molar-refractivity contribution < 1.29 is 9.13 Å². The molecule has 0 aliphatic rings. The normalized spacial score (nSPS) is 9.00. The first kappa shape index (κ1) is 11.7. The van der Waals surface area contributed by atoms with E-state index in [4.69, 9.17) is 16.3 Å². The van der Waals surface area contributed by atoms with Crippen LogP contribution in [0.25, 0.3) is 0 Å². The Labute approximate surface area is 84.6 Å². The fourth-order valence-corrected chi connectivity index (χ4v) is 1.31. The van der Waals surface area contributed by atoms with Crippen molar-refractivity contribution in [2.75, 3.05) is 7.11 Å². The van der Waals surface area contributed by atoms with Crippen molar-refractivity contribution in [1.82, 2.24) is 0 Å². The van der Waals surface area contributed by atoms with Crippen LogP contribution in [0.15, 0.2) is 16.6 Å². The highest BCUT2D eigenvalue weighted by molar-refractivity contribution is 9.10. The van der Waals surface area contributed by atoms with Gasteiger partial charge in [-0.05, 0) is 28.1 Å². The smallest absolute Gasteiger partial charge is 0.184 e. The van der Waals surface area contributed by atoms with Gasteiger partial charge in [-0.3, -0.25) is 0 Å². The van der Waals surface area contributed by atoms with Crippen molar-refractivity contribution in [3.63, 3.8) is 0 Å². The minimum Gasteiger partial charge on any atom is -0.492 e. The van der Waals surface area contributed by atoms with Crippen molar-refractivity contribution in [2.24, 2.45) is 0 Å². The number of halogens is 3. The second-order valence-corrected chi connectivity index (χ2v) is 3.14. The van der Waals surface area contributed by atoms with Gasteiger partial charge in [0.05, 0.1) is 16.6 Å². The van der Waals surface area contributed by atoms with Gasteiger partial charge in [0.25, 0.3) is 0 Å². The molecule has 0 radical (unpaired) electrons. The third kappa shape index (κ3) is 2.11. The Morgan fingerprint density at radius 2 is 2.08 bits per heavy atom. The zero-order chi connectivity index (χ0) is 8.43. The van der Waals surface area contributed by atoms with E-state index in [2.05, 4.69) is 15.9 Å². The van der Waals surface area contributed by atoms with Gasteiger partial charge >= 0.3 is 0 Å². The van der Waals surface area contributed by atoms with Crippen LogP contribution in [-0.2, 0) is 0 Å². The SMILES string of the molecule is C.COc1c(Br)ccc(Cl)c1F. The summed E-state index contributed by atoms with van der Waals surface area (Å²) < 4.78 is 18.3. The van der Waals surface area contributed by atoms with E-state index in [0.717, 1.165) is 0 Å². The van der Waals surface area contributed by atoms with Crippen LogP contribution in [0.4, 0.5) is 4.39 Å². The molecule has 1 nitrogen and oxygen atoms in total. The van der Waals surface area contributed by atoms with E-state index < -0.39 is 5.82 Å². The van der Waals surface area contributed by atoms with Gasteiger partial charge in [-0.2, -0.15) is 0 Å². The molecule has 1 aromatic carbocycles. The molecule has 0 saturated carbocycles. The fourth-order valence-electron chi connectivity index (χ4n) is 0.696. The molecule has 0 unspecified atom stereocenters. The molecule has 12 heavy (non-hydrogen) atoms. The number of benzene rings is 1. The Hall–Kier alpha value is -0.280. The fraction of sp³-hybridized carbons (Fsp3) is 0.250. The third-order valence-corrected chi connectivity index (χ3v) is 2.12. The first-order valence-electron chi connectivity index (χ1n) is 2.84. The van der Waals surface area contributed by atoms with E-state index in [9.17, 15) is 4.39 Å². The average Bonchev–Trinajstić information content (AvgIpc) is 1.99. The summed E-state index contributed by atoms with van der Waals surface area (Å²) in [7, 11) is 1.39.